The van der Waals surface area contributed by atoms with Gasteiger partial charge >= 0.3 is 0 Å². The molecule has 0 aromatic carbocycles. The van der Waals surface area contributed by atoms with Gasteiger partial charge in [0.25, 0.3) is 0 Å². The maximum Gasteiger partial charge on any atom is 0.226 e. The van der Waals surface area contributed by atoms with Gasteiger partial charge < -0.3 is 15.8 Å². The van der Waals surface area contributed by atoms with E-state index in [2.05, 4.69) is 5.32 Å². The van der Waals surface area contributed by atoms with Crippen molar-refractivity contribution in [3.63, 3.8) is 0 Å². The van der Waals surface area contributed by atoms with E-state index < -0.39 is 0 Å². The van der Waals surface area contributed by atoms with E-state index >= 15 is 0 Å². The van der Waals surface area contributed by atoms with Crippen LogP contribution in [0.4, 0.5) is 0 Å². The van der Waals surface area contributed by atoms with Crippen LogP contribution in [0.25, 0.3) is 0 Å². The molecule has 4 heteroatoms. The summed E-state index contributed by atoms with van der Waals surface area (Å²) in [4.78, 5) is 11.9. The Labute approximate surface area is 91.5 Å². The standard InChI is InChI=1S/C11H22N2O2/c1-4-11(3,7-12)13-10(14)9-5-6-15-8(9)2/h8-9H,4-7,12H2,1-3H3,(H,13,14). The highest BCUT2D eigenvalue weighted by Gasteiger charge is 2.33. The summed E-state index contributed by atoms with van der Waals surface area (Å²) in [6.07, 6.45) is 1.69. The molecule has 0 saturated carbocycles. The predicted molar refractivity (Wildman–Crippen MR) is 59.4 cm³/mol. The second-order valence-corrected chi connectivity index (χ2v) is 4.58. The lowest BCUT2D eigenvalue weighted by atomic mass is 9.95. The summed E-state index contributed by atoms with van der Waals surface area (Å²) in [6.45, 7) is 7.11. The number of carbonyl (C=O) groups excluding carboxylic acids is 1. The molecule has 15 heavy (non-hydrogen) atoms. The third kappa shape index (κ3) is 2.92. The molecule has 0 spiro atoms. The van der Waals surface area contributed by atoms with Crippen LogP contribution in [-0.4, -0.2) is 30.7 Å². The average Bonchev–Trinajstić information content (AvgIpc) is 2.64. The first-order valence-corrected chi connectivity index (χ1v) is 5.66. The molecule has 3 N–H and O–H groups in total. The Morgan fingerprint density at radius 3 is 2.73 bits per heavy atom. The number of amides is 1. The topological polar surface area (TPSA) is 64.3 Å². The summed E-state index contributed by atoms with van der Waals surface area (Å²) < 4.78 is 5.38. The fourth-order valence-corrected chi connectivity index (χ4v) is 1.75. The Kier molecular flexibility index (Phi) is 4.11. The van der Waals surface area contributed by atoms with Crippen LogP contribution in [0.3, 0.4) is 0 Å². The number of hydrogen-bond donors (Lipinski definition) is 2. The van der Waals surface area contributed by atoms with Crippen molar-refractivity contribution >= 4 is 5.91 Å². The molecule has 0 radical (unpaired) electrons. The lowest BCUT2D eigenvalue weighted by molar-refractivity contribution is -0.128. The highest BCUT2D eigenvalue weighted by molar-refractivity contribution is 5.80. The van der Waals surface area contributed by atoms with E-state index in [1.807, 2.05) is 20.8 Å². The summed E-state index contributed by atoms with van der Waals surface area (Å²) in [6, 6.07) is 0. The van der Waals surface area contributed by atoms with E-state index in [4.69, 9.17) is 10.5 Å². The first-order valence-electron chi connectivity index (χ1n) is 5.66. The molecule has 1 aliphatic rings. The molecule has 0 aromatic heterocycles. The van der Waals surface area contributed by atoms with E-state index in [0.29, 0.717) is 13.2 Å². The molecule has 88 valence electrons. The predicted octanol–water partition coefficient (Wildman–Crippen LogP) is 0.655. The molecule has 1 amide bonds. The van der Waals surface area contributed by atoms with E-state index in [1.165, 1.54) is 0 Å². The van der Waals surface area contributed by atoms with Crippen LogP contribution in [-0.2, 0) is 9.53 Å². The normalized spacial score (nSPS) is 29.9. The average molecular weight is 214 g/mol. The second kappa shape index (κ2) is 4.94. The summed E-state index contributed by atoms with van der Waals surface area (Å²) in [5.41, 5.74) is 5.37. The molecule has 3 unspecified atom stereocenters. The minimum absolute atomic E-state index is 0.0116. The first-order chi connectivity index (χ1) is 7.02. The minimum Gasteiger partial charge on any atom is -0.378 e. The van der Waals surface area contributed by atoms with Gasteiger partial charge in [0.2, 0.25) is 5.91 Å². The van der Waals surface area contributed by atoms with Crippen molar-refractivity contribution in [3.05, 3.63) is 0 Å². The van der Waals surface area contributed by atoms with Gasteiger partial charge in [-0.15, -0.1) is 0 Å². The van der Waals surface area contributed by atoms with E-state index in [9.17, 15) is 4.79 Å². The molecular weight excluding hydrogens is 192 g/mol. The van der Waals surface area contributed by atoms with Gasteiger partial charge in [-0.05, 0) is 26.7 Å². The maximum absolute atomic E-state index is 11.9. The molecule has 1 saturated heterocycles. The molecule has 0 bridgehead atoms. The first kappa shape index (κ1) is 12.5. The fraction of sp³-hybridized carbons (Fsp3) is 0.909. The number of nitrogens with one attached hydrogen (secondary N) is 1. The van der Waals surface area contributed by atoms with Crippen LogP contribution < -0.4 is 11.1 Å². The zero-order valence-corrected chi connectivity index (χ0v) is 9.88. The quantitative estimate of drug-likeness (QED) is 0.722. The van der Waals surface area contributed by atoms with Crippen molar-refractivity contribution < 1.29 is 9.53 Å². The van der Waals surface area contributed by atoms with Gasteiger partial charge in [-0.3, -0.25) is 4.79 Å². The van der Waals surface area contributed by atoms with Crippen molar-refractivity contribution in [2.75, 3.05) is 13.2 Å². The van der Waals surface area contributed by atoms with Gasteiger partial charge in [-0.25, -0.2) is 0 Å². The SMILES string of the molecule is CCC(C)(CN)NC(=O)C1CCOC1C. The Bertz CT molecular complexity index is 227. The third-order valence-corrected chi connectivity index (χ3v) is 3.37. The molecule has 3 atom stereocenters. The van der Waals surface area contributed by atoms with Crippen LogP contribution in [0.2, 0.25) is 0 Å². The van der Waals surface area contributed by atoms with Gasteiger partial charge in [0.05, 0.1) is 12.0 Å². The van der Waals surface area contributed by atoms with Crippen molar-refractivity contribution in [2.24, 2.45) is 11.7 Å². The van der Waals surface area contributed by atoms with Crippen molar-refractivity contribution in [3.8, 4) is 0 Å². The number of nitrogens with two attached hydrogens (primary N) is 1. The van der Waals surface area contributed by atoms with Gasteiger partial charge in [0, 0.05) is 18.7 Å². The van der Waals surface area contributed by atoms with Gasteiger partial charge in [-0.2, -0.15) is 0 Å². The van der Waals surface area contributed by atoms with Gasteiger partial charge in [0.15, 0.2) is 0 Å². The second-order valence-electron chi connectivity index (χ2n) is 4.58. The van der Waals surface area contributed by atoms with Crippen LogP contribution in [0.5, 0.6) is 0 Å². The van der Waals surface area contributed by atoms with E-state index in [-0.39, 0.29) is 23.5 Å². The number of hydrogen-bond acceptors (Lipinski definition) is 3. The fourth-order valence-electron chi connectivity index (χ4n) is 1.75. The summed E-state index contributed by atoms with van der Waals surface area (Å²) in [7, 11) is 0. The molecule has 4 nitrogen and oxygen atoms in total. The van der Waals surface area contributed by atoms with E-state index in [1.54, 1.807) is 0 Å². The van der Waals surface area contributed by atoms with Crippen molar-refractivity contribution in [2.45, 2.75) is 45.3 Å². The van der Waals surface area contributed by atoms with Crippen molar-refractivity contribution in [1.82, 2.24) is 5.32 Å². The summed E-state index contributed by atoms with van der Waals surface area (Å²) in [5, 5.41) is 3.02. The highest BCUT2D eigenvalue weighted by atomic mass is 16.5. The van der Waals surface area contributed by atoms with Gasteiger partial charge in [-0.1, -0.05) is 6.92 Å². The third-order valence-electron chi connectivity index (χ3n) is 3.37. The van der Waals surface area contributed by atoms with Crippen molar-refractivity contribution in [1.29, 1.82) is 0 Å². The summed E-state index contributed by atoms with van der Waals surface area (Å²) >= 11 is 0. The monoisotopic (exact) mass is 214 g/mol. The number of ether oxygens (including phenoxy) is 1. The lowest BCUT2D eigenvalue weighted by Gasteiger charge is -2.29. The Balaban J connectivity index is 2.54. The molecule has 1 heterocycles. The Morgan fingerprint density at radius 2 is 2.33 bits per heavy atom. The highest BCUT2D eigenvalue weighted by Crippen LogP contribution is 2.21. The van der Waals surface area contributed by atoms with Crippen LogP contribution in [0, 0.1) is 5.92 Å². The molecular formula is C11H22N2O2. The lowest BCUT2D eigenvalue weighted by Crippen LogP contribution is -2.53. The largest absolute Gasteiger partial charge is 0.378 e. The van der Waals surface area contributed by atoms with E-state index in [0.717, 1.165) is 12.8 Å². The zero-order chi connectivity index (χ0) is 11.5. The van der Waals surface area contributed by atoms with Gasteiger partial charge in [0.1, 0.15) is 0 Å². The number of carbonyl (C=O) groups is 1. The summed E-state index contributed by atoms with van der Waals surface area (Å²) in [5.74, 6) is 0.0669. The Hall–Kier alpha value is -0.610. The Morgan fingerprint density at radius 1 is 1.67 bits per heavy atom. The molecule has 1 fully saturated rings. The molecule has 1 rings (SSSR count). The molecule has 1 aliphatic heterocycles. The molecule has 0 aromatic rings. The minimum atomic E-state index is -0.278. The maximum atomic E-state index is 11.9. The van der Waals surface area contributed by atoms with Crippen LogP contribution in [0.1, 0.15) is 33.6 Å². The van der Waals surface area contributed by atoms with Crippen LogP contribution in [0.15, 0.2) is 0 Å². The smallest absolute Gasteiger partial charge is 0.226 e. The zero-order valence-electron chi connectivity index (χ0n) is 9.88. The molecule has 0 aliphatic carbocycles. The van der Waals surface area contributed by atoms with Crippen LogP contribution >= 0.6 is 0 Å². The number of rotatable bonds is 4.